The molecule has 0 saturated carbocycles. The van der Waals surface area contributed by atoms with Crippen molar-refractivity contribution in [2.45, 2.75) is 6.92 Å². The molecule has 0 aliphatic carbocycles. The summed E-state index contributed by atoms with van der Waals surface area (Å²) in [6.45, 7) is 1.87. The quantitative estimate of drug-likeness (QED) is 0.809. The Hall–Kier alpha value is -2.82. The fourth-order valence-electron chi connectivity index (χ4n) is 1.90. The zero-order valence-electron chi connectivity index (χ0n) is 11.8. The molecule has 0 saturated heterocycles. The first kappa shape index (κ1) is 14.6. The van der Waals surface area contributed by atoms with Crippen LogP contribution in [-0.4, -0.2) is 24.0 Å². The van der Waals surface area contributed by atoms with Gasteiger partial charge in [-0.15, -0.1) is 0 Å². The number of carbonyl (C=O) groups excluding carboxylic acids is 2. The molecule has 0 aromatic heterocycles. The predicted molar refractivity (Wildman–Crippen MR) is 80.6 cm³/mol. The SMILES string of the molecule is CNC(=O)c1cc(C)ccc1NC(=O)c1ccc(O)cc1. The van der Waals surface area contributed by atoms with Crippen LogP contribution >= 0.6 is 0 Å². The van der Waals surface area contributed by atoms with Gasteiger partial charge < -0.3 is 15.7 Å². The van der Waals surface area contributed by atoms with E-state index in [-0.39, 0.29) is 17.6 Å². The van der Waals surface area contributed by atoms with E-state index in [1.165, 1.54) is 31.3 Å². The number of aromatic hydroxyl groups is 1. The number of benzene rings is 2. The Kier molecular flexibility index (Phi) is 4.23. The second-order valence-electron chi connectivity index (χ2n) is 4.63. The van der Waals surface area contributed by atoms with Gasteiger partial charge in [0.15, 0.2) is 0 Å². The van der Waals surface area contributed by atoms with Crippen molar-refractivity contribution >= 4 is 17.5 Å². The minimum atomic E-state index is -0.344. The highest BCUT2D eigenvalue weighted by atomic mass is 16.3. The molecule has 0 fully saturated rings. The van der Waals surface area contributed by atoms with Crippen LogP contribution in [0.4, 0.5) is 5.69 Å². The van der Waals surface area contributed by atoms with E-state index < -0.39 is 0 Å². The van der Waals surface area contributed by atoms with E-state index >= 15 is 0 Å². The summed E-state index contributed by atoms with van der Waals surface area (Å²) in [5.74, 6) is -0.517. The Balaban J connectivity index is 2.28. The Morgan fingerprint density at radius 3 is 2.29 bits per heavy atom. The number of amides is 2. The molecule has 2 aromatic rings. The molecule has 108 valence electrons. The molecule has 0 spiro atoms. The third-order valence-corrected chi connectivity index (χ3v) is 3.02. The molecule has 0 aliphatic rings. The van der Waals surface area contributed by atoms with Crippen LogP contribution < -0.4 is 10.6 Å². The fraction of sp³-hybridized carbons (Fsp3) is 0.125. The van der Waals surface area contributed by atoms with Gasteiger partial charge in [0, 0.05) is 12.6 Å². The maximum atomic E-state index is 12.1. The minimum absolute atomic E-state index is 0.0907. The molecule has 0 aliphatic heterocycles. The number of hydrogen-bond donors (Lipinski definition) is 3. The van der Waals surface area contributed by atoms with E-state index in [9.17, 15) is 14.7 Å². The maximum absolute atomic E-state index is 12.1. The van der Waals surface area contributed by atoms with Gasteiger partial charge in [-0.2, -0.15) is 0 Å². The minimum Gasteiger partial charge on any atom is -0.508 e. The molecular weight excluding hydrogens is 268 g/mol. The number of anilines is 1. The maximum Gasteiger partial charge on any atom is 0.255 e. The first-order valence-electron chi connectivity index (χ1n) is 6.44. The molecule has 21 heavy (non-hydrogen) atoms. The number of hydrogen-bond acceptors (Lipinski definition) is 3. The van der Waals surface area contributed by atoms with Gasteiger partial charge in [-0.05, 0) is 43.3 Å². The summed E-state index contributed by atoms with van der Waals surface area (Å²) in [6, 6.07) is 11.1. The summed E-state index contributed by atoms with van der Waals surface area (Å²) < 4.78 is 0. The topological polar surface area (TPSA) is 78.4 Å². The number of phenolic OH excluding ortho intramolecular Hbond substituents is 1. The lowest BCUT2D eigenvalue weighted by Crippen LogP contribution is -2.21. The molecule has 5 nitrogen and oxygen atoms in total. The van der Waals surface area contributed by atoms with Crippen LogP contribution in [0.2, 0.25) is 0 Å². The first-order valence-corrected chi connectivity index (χ1v) is 6.44. The molecule has 2 rings (SSSR count). The number of nitrogens with one attached hydrogen (secondary N) is 2. The summed E-state index contributed by atoms with van der Waals surface area (Å²) >= 11 is 0. The van der Waals surface area contributed by atoms with Crippen LogP contribution in [0.25, 0.3) is 0 Å². The summed E-state index contributed by atoms with van der Waals surface area (Å²) in [7, 11) is 1.54. The van der Waals surface area contributed by atoms with Crippen LogP contribution in [0, 0.1) is 6.92 Å². The van der Waals surface area contributed by atoms with Crippen molar-refractivity contribution in [1.82, 2.24) is 5.32 Å². The average molecular weight is 284 g/mol. The van der Waals surface area contributed by atoms with Crippen LogP contribution in [0.15, 0.2) is 42.5 Å². The molecule has 0 heterocycles. The van der Waals surface area contributed by atoms with E-state index in [0.29, 0.717) is 16.8 Å². The molecule has 2 aromatic carbocycles. The van der Waals surface area contributed by atoms with Gasteiger partial charge in [-0.25, -0.2) is 0 Å². The van der Waals surface area contributed by atoms with E-state index in [1.807, 2.05) is 13.0 Å². The summed E-state index contributed by atoms with van der Waals surface area (Å²) in [6.07, 6.45) is 0. The third-order valence-electron chi connectivity index (χ3n) is 3.02. The van der Waals surface area contributed by atoms with E-state index in [2.05, 4.69) is 10.6 Å². The zero-order chi connectivity index (χ0) is 15.4. The summed E-state index contributed by atoms with van der Waals surface area (Å²) in [4.78, 5) is 24.0. The summed E-state index contributed by atoms with van der Waals surface area (Å²) in [5, 5.41) is 14.5. The standard InChI is InChI=1S/C16H16N2O3/c1-10-3-8-14(13(9-10)16(21)17-2)18-15(20)11-4-6-12(19)7-5-11/h3-9,19H,1-2H3,(H,17,21)(H,18,20). The summed E-state index contributed by atoms with van der Waals surface area (Å²) in [5.41, 5.74) is 2.18. The Labute approximate surface area is 122 Å². The lowest BCUT2D eigenvalue weighted by molar-refractivity contribution is 0.0964. The number of carbonyl (C=O) groups is 2. The molecule has 0 radical (unpaired) electrons. The molecule has 3 N–H and O–H groups in total. The van der Waals surface area contributed by atoms with Crippen LogP contribution in [0.1, 0.15) is 26.3 Å². The largest absolute Gasteiger partial charge is 0.508 e. The first-order chi connectivity index (χ1) is 10.0. The monoisotopic (exact) mass is 284 g/mol. The smallest absolute Gasteiger partial charge is 0.255 e. The van der Waals surface area contributed by atoms with Crippen molar-refractivity contribution in [3.8, 4) is 5.75 Å². The van der Waals surface area contributed by atoms with Gasteiger partial charge in [0.05, 0.1) is 11.3 Å². The lowest BCUT2D eigenvalue weighted by atomic mass is 10.1. The second kappa shape index (κ2) is 6.09. The van der Waals surface area contributed by atoms with Crippen LogP contribution in [-0.2, 0) is 0 Å². The molecule has 0 bridgehead atoms. The van der Waals surface area contributed by atoms with Gasteiger partial charge >= 0.3 is 0 Å². The van der Waals surface area contributed by atoms with Crippen molar-refractivity contribution in [2.24, 2.45) is 0 Å². The van der Waals surface area contributed by atoms with Crippen LogP contribution in [0.5, 0.6) is 5.75 Å². The number of rotatable bonds is 3. The third kappa shape index (κ3) is 3.39. The van der Waals surface area contributed by atoms with Gasteiger partial charge in [-0.1, -0.05) is 11.6 Å². The number of phenols is 1. The van der Waals surface area contributed by atoms with Crippen molar-refractivity contribution in [3.05, 3.63) is 59.2 Å². The zero-order valence-corrected chi connectivity index (χ0v) is 11.8. The van der Waals surface area contributed by atoms with E-state index in [0.717, 1.165) is 5.56 Å². The van der Waals surface area contributed by atoms with Crippen molar-refractivity contribution in [3.63, 3.8) is 0 Å². The highest BCUT2D eigenvalue weighted by molar-refractivity contribution is 6.09. The predicted octanol–water partition coefficient (Wildman–Crippen LogP) is 2.31. The van der Waals surface area contributed by atoms with Gasteiger partial charge in [0.2, 0.25) is 0 Å². The molecule has 0 unspecified atom stereocenters. The second-order valence-corrected chi connectivity index (χ2v) is 4.63. The van der Waals surface area contributed by atoms with Crippen LogP contribution in [0.3, 0.4) is 0 Å². The van der Waals surface area contributed by atoms with E-state index in [1.54, 1.807) is 12.1 Å². The average Bonchev–Trinajstić information content (AvgIpc) is 2.48. The molecule has 0 atom stereocenters. The van der Waals surface area contributed by atoms with Gasteiger partial charge in [0.1, 0.15) is 5.75 Å². The van der Waals surface area contributed by atoms with Gasteiger partial charge in [0.25, 0.3) is 11.8 Å². The Morgan fingerprint density at radius 2 is 1.67 bits per heavy atom. The normalized spacial score (nSPS) is 10.0. The van der Waals surface area contributed by atoms with Crippen molar-refractivity contribution < 1.29 is 14.7 Å². The van der Waals surface area contributed by atoms with Gasteiger partial charge in [-0.3, -0.25) is 9.59 Å². The number of aryl methyl sites for hydroxylation is 1. The molecule has 5 heteroatoms. The van der Waals surface area contributed by atoms with Crippen molar-refractivity contribution in [1.29, 1.82) is 0 Å². The van der Waals surface area contributed by atoms with E-state index in [4.69, 9.17) is 0 Å². The Morgan fingerprint density at radius 1 is 1.00 bits per heavy atom. The molecule has 2 amide bonds. The van der Waals surface area contributed by atoms with Crippen molar-refractivity contribution in [2.75, 3.05) is 12.4 Å². The highest BCUT2D eigenvalue weighted by Gasteiger charge is 2.13. The fourth-order valence-corrected chi connectivity index (χ4v) is 1.90. The Bertz CT molecular complexity index is 678. The lowest BCUT2D eigenvalue weighted by Gasteiger charge is -2.11. The highest BCUT2D eigenvalue weighted by Crippen LogP contribution is 2.19. The molecular formula is C16H16N2O3.